The van der Waals surface area contributed by atoms with Gasteiger partial charge in [0.25, 0.3) is 0 Å². The maximum absolute atomic E-state index is 5.12. The van der Waals surface area contributed by atoms with Gasteiger partial charge in [0.15, 0.2) is 0 Å². The minimum atomic E-state index is 0.337. The van der Waals surface area contributed by atoms with E-state index in [0.29, 0.717) is 6.10 Å². The van der Waals surface area contributed by atoms with E-state index in [9.17, 15) is 0 Å². The number of nitrogens with one attached hydrogen (secondary N) is 1. The van der Waals surface area contributed by atoms with Crippen molar-refractivity contribution in [1.82, 2.24) is 5.32 Å². The van der Waals surface area contributed by atoms with Crippen molar-refractivity contribution in [1.29, 1.82) is 0 Å². The molecular weight excluding hydrogens is 150 g/mol. The molecule has 0 heterocycles. The monoisotopic (exact) mass is 173 g/mol. The summed E-state index contributed by atoms with van der Waals surface area (Å²) in [5.74, 6) is 0.826. The molecule has 0 spiro atoms. The second kappa shape index (κ2) is 7.56. The fraction of sp³-hybridized carbons (Fsp3) is 1.00. The third-order valence-electron chi connectivity index (χ3n) is 1.97. The summed E-state index contributed by atoms with van der Waals surface area (Å²) in [5.41, 5.74) is 0. The largest absolute Gasteiger partial charge is 0.380 e. The van der Waals surface area contributed by atoms with Crippen LogP contribution >= 0.6 is 0 Å². The molecule has 74 valence electrons. The van der Waals surface area contributed by atoms with Crippen LogP contribution in [0.4, 0.5) is 0 Å². The molecule has 0 aromatic rings. The lowest BCUT2D eigenvalue weighted by Crippen LogP contribution is -2.26. The van der Waals surface area contributed by atoms with Gasteiger partial charge in [-0.25, -0.2) is 0 Å². The van der Waals surface area contributed by atoms with Crippen molar-refractivity contribution in [3.8, 4) is 0 Å². The van der Waals surface area contributed by atoms with E-state index in [4.69, 9.17) is 4.74 Å². The van der Waals surface area contributed by atoms with E-state index in [1.807, 2.05) is 0 Å². The van der Waals surface area contributed by atoms with Gasteiger partial charge in [-0.3, -0.25) is 0 Å². The first-order valence-electron chi connectivity index (χ1n) is 4.90. The molecule has 0 radical (unpaired) electrons. The number of hydrogen-bond donors (Lipinski definition) is 1. The first-order valence-corrected chi connectivity index (χ1v) is 4.90. The third-order valence-corrected chi connectivity index (χ3v) is 1.97. The summed E-state index contributed by atoms with van der Waals surface area (Å²) in [6.07, 6.45) is 2.92. The molecule has 0 aromatic carbocycles. The van der Waals surface area contributed by atoms with Crippen molar-refractivity contribution in [2.24, 2.45) is 5.92 Å². The zero-order valence-corrected chi connectivity index (χ0v) is 8.89. The van der Waals surface area contributed by atoms with Gasteiger partial charge < -0.3 is 10.1 Å². The van der Waals surface area contributed by atoms with Gasteiger partial charge in [-0.1, -0.05) is 13.8 Å². The van der Waals surface area contributed by atoms with E-state index >= 15 is 0 Å². The molecule has 0 aliphatic rings. The predicted octanol–water partition coefficient (Wildman–Crippen LogP) is 2.05. The Morgan fingerprint density at radius 3 is 2.42 bits per heavy atom. The van der Waals surface area contributed by atoms with E-state index in [-0.39, 0.29) is 0 Å². The van der Waals surface area contributed by atoms with Gasteiger partial charge in [-0.2, -0.15) is 0 Å². The number of methoxy groups -OCH3 is 1. The maximum atomic E-state index is 5.12. The number of rotatable bonds is 7. The quantitative estimate of drug-likeness (QED) is 0.595. The van der Waals surface area contributed by atoms with Gasteiger partial charge in [0.2, 0.25) is 0 Å². The normalized spacial score (nSPS) is 13.8. The second-order valence-corrected chi connectivity index (χ2v) is 3.79. The van der Waals surface area contributed by atoms with Crippen molar-refractivity contribution in [2.75, 3.05) is 20.2 Å². The molecule has 0 amide bonds. The minimum absolute atomic E-state index is 0.337. The van der Waals surface area contributed by atoms with Crippen molar-refractivity contribution in [3.63, 3.8) is 0 Å². The van der Waals surface area contributed by atoms with Crippen molar-refractivity contribution < 1.29 is 4.74 Å². The average molecular weight is 173 g/mol. The molecule has 0 bridgehead atoms. The van der Waals surface area contributed by atoms with Gasteiger partial charge in [0, 0.05) is 13.7 Å². The second-order valence-electron chi connectivity index (χ2n) is 3.79. The molecule has 0 aliphatic heterocycles. The van der Waals surface area contributed by atoms with E-state index in [1.165, 1.54) is 12.8 Å². The summed E-state index contributed by atoms with van der Waals surface area (Å²) in [7, 11) is 1.75. The molecule has 0 saturated heterocycles. The van der Waals surface area contributed by atoms with Crippen LogP contribution in [-0.2, 0) is 4.74 Å². The van der Waals surface area contributed by atoms with Crippen molar-refractivity contribution in [3.05, 3.63) is 0 Å². The summed E-state index contributed by atoms with van der Waals surface area (Å²) in [4.78, 5) is 0. The van der Waals surface area contributed by atoms with E-state index in [1.54, 1.807) is 7.11 Å². The SMILES string of the molecule is COC(C)CNCCCC(C)C. The summed E-state index contributed by atoms with van der Waals surface area (Å²) in [6.45, 7) is 8.69. The average Bonchev–Trinajstić information content (AvgIpc) is 2.03. The molecule has 1 unspecified atom stereocenters. The molecule has 2 heteroatoms. The maximum Gasteiger partial charge on any atom is 0.0667 e. The Hall–Kier alpha value is -0.0800. The fourth-order valence-electron chi connectivity index (χ4n) is 1.02. The highest BCUT2D eigenvalue weighted by Gasteiger charge is 1.97. The van der Waals surface area contributed by atoms with Crippen LogP contribution < -0.4 is 5.32 Å². The van der Waals surface area contributed by atoms with Gasteiger partial charge >= 0.3 is 0 Å². The Balaban J connectivity index is 3.00. The van der Waals surface area contributed by atoms with E-state index in [0.717, 1.165) is 19.0 Å². The highest BCUT2D eigenvalue weighted by Crippen LogP contribution is 2.01. The molecule has 1 N–H and O–H groups in total. The molecule has 0 saturated carbocycles. The van der Waals surface area contributed by atoms with Gasteiger partial charge in [0.05, 0.1) is 6.10 Å². The van der Waals surface area contributed by atoms with Crippen LogP contribution in [0.3, 0.4) is 0 Å². The summed E-state index contributed by atoms with van der Waals surface area (Å²) in [5, 5.41) is 3.37. The Morgan fingerprint density at radius 1 is 1.25 bits per heavy atom. The molecule has 0 rings (SSSR count). The van der Waals surface area contributed by atoms with Gasteiger partial charge in [0.1, 0.15) is 0 Å². The van der Waals surface area contributed by atoms with Crippen LogP contribution in [0.1, 0.15) is 33.6 Å². The number of hydrogen-bond acceptors (Lipinski definition) is 2. The van der Waals surface area contributed by atoms with E-state index < -0.39 is 0 Å². The summed E-state index contributed by atoms with van der Waals surface area (Å²) < 4.78 is 5.12. The molecule has 12 heavy (non-hydrogen) atoms. The van der Waals surface area contributed by atoms with Crippen LogP contribution in [0.15, 0.2) is 0 Å². The van der Waals surface area contributed by atoms with Crippen LogP contribution in [0.2, 0.25) is 0 Å². The highest BCUT2D eigenvalue weighted by atomic mass is 16.5. The molecule has 1 atom stereocenters. The first-order chi connectivity index (χ1) is 5.66. The highest BCUT2D eigenvalue weighted by molar-refractivity contribution is 4.55. The topological polar surface area (TPSA) is 21.3 Å². The summed E-state index contributed by atoms with van der Waals surface area (Å²) >= 11 is 0. The standard InChI is InChI=1S/C10H23NO/c1-9(2)6-5-7-11-8-10(3)12-4/h9-11H,5-8H2,1-4H3. The van der Waals surface area contributed by atoms with Crippen molar-refractivity contribution in [2.45, 2.75) is 39.7 Å². The van der Waals surface area contributed by atoms with Crippen molar-refractivity contribution >= 4 is 0 Å². The minimum Gasteiger partial charge on any atom is -0.380 e. The Bertz CT molecular complexity index is 93.8. The Morgan fingerprint density at radius 2 is 1.92 bits per heavy atom. The van der Waals surface area contributed by atoms with Crippen LogP contribution in [0.25, 0.3) is 0 Å². The van der Waals surface area contributed by atoms with Gasteiger partial charge in [-0.05, 0) is 32.2 Å². The molecule has 0 aliphatic carbocycles. The van der Waals surface area contributed by atoms with E-state index in [2.05, 4.69) is 26.1 Å². The van der Waals surface area contributed by atoms with Crippen LogP contribution in [0.5, 0.6) is 0 Å². The predicted molar refractivity (Wildman–Crippen MR) is 53.4 cm³/mol. The van der Waals surface area contributed by atoms with Crippen LogP contribution in [0, 0.1) is 5.92 Å². The lowest BCUT2D eigenvalue weighted by Gasteiger charge is -2.10. The zero-order chi connectivity index (χ0) is 9.40. The zero-order valence-electron chi connectivity index (χ0n) is 8.89. The number of ether oxygens (including phenoxy) is 1. The van der Waals surface area contributed by atoms with Crippen LogP contribution in [-0.4, -0.2) is 26.3 Å². The van der Waals surface area contributed by atoms with Gasteiger partial charge in [-0.15, -0.1) is 0 Å². The molecule has 0 aromatic heterocycles. The molecule has 0 fully saturated rings. The molecular formula is C10H23NO. The Kier molecular flexibility index (Phi) is 7.51. The lowest BCUT2D eigenvalue weighted by molar-refractivity contribution is 0.117. The first kappa shape index (κ1) is 11.9. The third kappa shape index (κ3) is 8.02. The fourth-order valence-corrected chi connectivity index (χ4v) is 1.02. The smallest absolute Gasteiger partial charge is 0.0667 e. The molecule has 2 nitrogen and oxygen atoms in total. The lowest BCUT2D eigenvalue weighted by atomic mass is 10.1. The Labute approximate surface area is 76.7 Å². The summed E-state index contributed by atoms with van der Waals surface area (Å²) in [6, 6.07) is 0.